The molecule has 0 spiro atoms. The molecular weight excluding hydrogens is 299 g/mol. The third kappa shape index (κ3) is 4.48. The summed E-state index contributed by atoms with van der Waals surface area (Å²) in [5.41, 5.74) is 3.39. The molecular formula is C14H14F3N3O2. The lowest BCUT2D eigenvalue weighted by molar-refractivity contribution is -0.137. The Balaban J connectivity index is 3.02. The summed E-state index contributed by atoms with van der Waals surface area (Å²) in [4.78, 5) is 23.3. The lowest BCUT2D eigenvalue weighted by Gasteiger charge is -2.18. The fourth-order valence-electron chi connectivity index (χ4n) is 1.82. The van der Waals surface area contributed by atoms with Crippen LogP contribution in [0.2, 0.25) is 0 Å². The predicted octanol–water partition coefficient (Wildman–Crippen LogP) is 1.84. The van der Waals surface area contributed by atoms with Crippen LogP contribution in [-0.4, -0.2) is 17.9 Å². The Morgan fingerprint density at radius 2 is 1.95 bits per heavy atom. The van der Waals surface area contributed by atoms with E-state index in [2.05, 4.69) is 5.32 Å². The van der Waals surface area contributed by atoms with Gasteiger partial charge in [-0.25, -0.2) is 0 Å². The Labute approximate surface area is 124 Å². The van der Waals surface area contributed by atoms with Gasteiger partial charge in [-0.15, -0.1) is 0 Å². The summed E-state index contributed by atoms with van der Waals surface area (Å²) in [6, 6.07) is 4.85. The van der Waals surface area contributed by atoms with Crippen LogP contribution in [0, 0.1) is 17.2 Å². The molecule has 2 amide bonds. The third-order valence-electron chi connectivity index (χ3n) is 2.94. The van der Waals surface area contributed by atoms with Crippen molar-refractivity contribution in [2.45, 2.75) is 25.6 Å². The van der Waals surface area contributed by atoms with Crippen LogP contribution in [0.1, 0.15) is 29.3 Å². The minimum Gasteiger partial charge on any atom is -0.368 e. The largest absolute Gasteiger partial charge is 0.417 e. The number of primary amides is 1. The molecule has 22 heavy (non-hydrogen) atoms. The fourth-order valence-corrected chi connectivity index (χ4v) is 1.82. The molecule has 0 unspecified atom stereocenters. The molecule has 0 saturated heterocycles. The maximum absolute atomic E-state index is 12.9. The number of nitriles is 1. The minimum atomic E-state index is -4.70. The first kappa shape index (κ1) is 17.5. The van der Waals surface area contributed by atoms with E-state index in [-0.39, 0.29) is 6.42 Å². The van der Waals surface area contributed by atoms with Crippen LogP contribution >= 0.6 is 0 Å². The van der Waals surface area contributed by atoms with Gasteiger partial charge in [0, 0.05) is 5.92 Å². The molecule has 0 radical (unpaired) electrons. The van der Waals surface area contributed by atoms with Crippen LogP contribution in [0.5, 0.6) is 0 Å². The van der Waals surface area contributed by atoms with Gasteiger partial charge in [0.15, 0.2) is 0 Å². The SMILES string of the molecule is C[C@H](C#N)C[C@@H](NC(=O)c1ccccc1C(F)(F)F)C(N)=O. The summed E-state index contributed by atoms with van der Waals surface area (Å²) < 4.78 is 38.6. The Bertz CT molecular complexity index is 608. The third-order valence-corrected chi connectivity index (χ3v) is 2.94. The van der Waals surface area contributed by atoms with Crippen molar-refractivity contribution in [2.75, 3.05) is 0 Å². The van der Waals surface area contributed by atoms with Gasteiger partial charge in [-0.1, -0.05) is 12.1 Å². The first-order valence-electron chi connectivity index (χ1n) is 6.32. The van der Waals surface area contributed by atoms with E-state index in [0.717, 1.165) is 18.2 Å². The van der Waals surface area contributed by atoms with Gasteiger partial charge >= 0.3 is 6.18 Å². The Morgan fingerprint density at radius 3 is 2.45 bits per heavy atom. The molecule has 2 atom stereocenters. The average Bonchev–Trinajstić information content (AvgIpc) is 2.45. The molecule has 8 heteroatoms. The van der Waals surface area contributed by atoms with E-state index in [1.54, 1.807) is 0 Å². The van der Waals surface area contributed by atoms with Crippen molar-refractivity contribution in [3.63, 3.8) is 0 Å². The smallest absolute Gasteiger partial charge is 0.368 e. The number of carbonyl (C=O) groups is 2. The van der Waals surface area contributed by atoms with Crippen LogP contribution in [0.3, 0.4) is 0 Å². The first-order valence-corrected chi connectivity index (χ1v) is 6.32. The van der Waals surface area contributed by atoms with Crippen LogP contribution in [0.25, 0.3) is 0 Å². The van der Waals surface area contributed by atoms with Crippen molar-refractivity contribution in [1.82, 2.24) is 5.32 Å². The minimum absolute atomic E-state index is 0.0776. The number of halogens is 3. The van der Waals surface area contributed by atoms with Crippen LogP contribution in [0.4, 0.5) is 13.2 Å². The molecule has 0 heterocycles. The summed E-state index contributed by atoms with van der Waals surface area (Å²) in [7, 11) is 0. The maximum atomic E-state index is 12.9. The summed E-state index contributed by atoms with van der Waals surface area (Å²) in [5, 5.41) is 10.8. The Hall–Kier alpha value is -2.56. The van der Waals surface area contributed by atoms with Gasteiger partial charge in [0.25, 0.3) is 5.91 Å². The number of hydrogen-bond donors (Lipinski definition) is 2. The van der Waals surface area contributed by atoms with Crippen LogP contribution in [0.15, 0.2) is 24.3 Å². The Morgan fingerprint density at radius 1 is 1.36 bits per heavy atom. The molecule has 0 saturated carbocycles. The van der Waals surface area contributed by atoms with Gasteiger partial charge in [0.1, 0.15) is 6.04 Å². The first-order chi connectivity index (χ1) is 10.2. The van der Waals surface area contributed by atoms with Gasteiger partial charge in [0.2, 0.25) is 5.91 Å². The summed E-state index contributed by atoms with van der Waals surface area (Å²) >= 11 is 0. The van der Waals surface area contributed by atoms with E-state index < -0.39 is 41.1 Å². The van der Waals surface area contributed by atoms with Gasteiger partial charge in [-0.05, 0) is 25.5 Å². The monoisotopic (exact) mass is 313 g/mol. The quantitative estimate of drug-likeness (QED) is 0.868. The van der Waals surface area contributed by atoms with Crippen molar-refractivity contribution in [3.8, 4) is 6.07 Å². The number of hydrogen-bond acceptors (Lipinski definition) is 3. The topological polar surface area (TPSA) is 96.0 Å². The molecule has 3 N–H and O–H groups in total. The highest BCUT2D eigenvalue weighted by atomic mass is 19.4. The van der Waals surface area contributed by atoms with Crippen LogP contribution < -0.4 is 11.1 Å². The molecule has 118 valence electrons. The molecule has 0 aromatic heterocycles. The van der Waals surface area contributed by atoms with Crippen molar-refractivity contribution in [1.29, 1.82) is 5.26 Å². The molecule has 0 aliphatic rings. The second kappa shape index (κ2) is 6.93. The van der Waals surface area contributed by atoms with Gasteiger partial charge in [-0.2, -0.15) is 18.4 Å². The summed E-state index contributed by atoms with van der Waals surface area (Å²) in [6.07, 6.45) is -4.78. The zero-order valence-electron chi connectivity index (χ0n) is 11.6. The summed E-state index contributed by atoms with van der Waals surface area (Å²) in [6.45, 7) is 1.51. The molecule has 0 aliphatic heterocycles. The zero-order chi connectivity index (χ0) is 16.9. The van der Waals surface area contributed by atoms with Crippen molar-refractivity contribution in [3.05, 3.63) is 35.4 Å². The second-order valence-electron chi connectivity index (χ2n) is 4.74. The molecule has 0 fully saturated rings. The lowest BCUT2D eigenvalue weighted by atomic mass is 10.0. The number of carbonyl (C=O) groups excluding carboxylic acids is 2. The van der Waals surface area contributed by atoms with Crippen molar-refractivity contribution < 1.29 is 22.8 Å². The average molecular weight is 313 g/mol. The second-order valence-corrected chi connectivity index (χ2v) is 4.74. The van der Waals surface area contributed by atoms with E-state index in [9.17, 15) is 22.8 Å². The van der Waals surface area contributed by atoms with E-state index in [1.807, 2.05) is 6.07 Å². The zero-order valence-corrected chi connectivity index (χ0v) is 11.6. The lowest BCUT2D eigenvalue weighted by Crippen LogP contribution is -2.45. The van der Waals surface area contributed by atoms with E-state index in [0.29, 0.717) is 0 Å². The van der Waals surface area contributed by atoms with Crippen molar-refractivity contribution >= 4 is 11.8 Å². The number of alkyl halides is 3. The number of nitrogens with two attached hydrogens (primary N) is 1. The molecule has 0 aliphatic carbocycles. The number of benzene rings is 1. The van der Waals surface area contributed by atoms with Crippen molar-refractivity contribution in [2.24, 2.45) is 11.7 Å². The maximum Gasteiger partial charge on any atom is 0.417 e. The summed E-state index contributed by atoms with van der Waals surface area (Å²) in [5.74, 6) is -2.57. The number of rotatable bonds is 5. The van der Waals surface area contributed by atoms with E-state index >= 15 is 0 Å². The van der Waals surface area contributed by atoms with E-state index in [4.69, 9.17) is 11.0 Å². The molecule has 0 bridgehead atoms. The fraction of sp³-hybridized carbons (Fsp3) is 0.357. The Kier molecular flexibility index (Phi) is 5.51. The highest BCUT2D eigenvalue weighted by Crippen LogP contribution is 2.31. The molecule has 1 rings (SSSR count). The molecule has 1 aromatic carbocycles. The number of nitrogens with zero attached hydrogens (tertiary/aromatic N) is 1. The highest BCUT2D eigenvalue weighted by Gasteiger charge is 2.35. The van der Waals surface area contributed by atoms with Gasteiger partial charge < -0.3 is 11.1 Å². The predicted molar refractivity (Wildman–Crippen MR) is 71.3 cm³/mol. The molecule has 5 nitrogen and oxygen atoms in total. The highest BCUT2D eigenvalue weighted by molar-refractivity contribution is 5.98. The van der Waals surface area contributed by atoms with Gasteiger partial charge in [0.05, 0.1) is 17.2 Å². The van der Waals surface area contributed by atoms with Crippen LogP contribution in [-0.2, 0) is 11.0 Å². The standard InChI is InChI=1S/C14H14F3N3O2/c1-8(7-18)6-11(12(19)21)20-13(22)9-4-2-3-5-10(9)14(15,16)17/h2-5,8,11H,6H2,1H3,(H2,19,21)(H,20,22)/t8-,11+/m0/s1. The van der Waals surface area contributed by atoms with Gasteiger partial charge in [-0.3, -0.25) is 9.59 Å². The normalized spacial score (nSPS) is 13.8. The number of nitrogens with one attached hydrogen (secondary N) is 1. The number of amides is 2. The van der Waals surface area contributed by atoms with E-state index in [1.165, 1.54) is 13.0 Å². The molecule has 1 aromatic rings.